The lowest BCUT2D eigenvalue weighted by Gasteiger charge is -2.11. The SMILES string of the molecule is Cc1cc(/C=C(\C#N)C(=O)OCC(=O)Nc2ccc(F)c(F)c2)c(C)n1CCC(C)C. The van der Waals surface area contributed by atoms with E-state index >= 15 is 0 Å². The Hall–Kier alpha value is -3.47. The quantitative estimate of drug-likeness (QED) is 0.380. The van der Waals surface area contributed by atoms with Gasteiger partial charge in [-0.25, -0.2) is 13.6 Å². The highest BCUT2D eigenvalue weighted by Crippen LogP contribution is 2.20. The van der Waals surface area contributed by atoms with Crippen LogP contribution < -0.4 is 5.32 Å². The second-order valence-corrected chi connectivity index (χ2v) is 7.58. The number of nitriles is 1. The zero-order valence-electron chi connectivity index (χ0n) is 18.0. The van der Waals surface area contributed by atoms with Crippen LogP contribution >= 0.6 is 0 Å². The zero-order valence-corrected chi connectivity index (χ0v) is 18.0. The van der Waals surface area contributed by atoms with Gasteiger partial charge in [0.05, 0.1) is 0 Å². The van der Waals surface area contributed by atoms with Crippen LogP contribution in [0.15, 0.2) is 29.8 Å². The molecule has 1 N–H and O–H groups in total. The van der Waals surface area contributed by atoms with E-state index in [2.05, 4.69) is 23.7 Å². The van der Waals surface area contributed by atoms with E-state index in [0.29, 0.717) is 5.92 Å². The highest BCUT2D eigenvalue weighted by atomic mass is 19.2. The molecule has 0 saturated heterocycles. The number of nitrogens with zero attached hydrogens (tertiary/aromatic N) is 2. The molecule has 0 spiro atoms. The molecule has 0 atom stereocenters. The minimum atomic E-state index is -1.12. The van der Waals surface area contributed by atoms with Crippen LogP contribution in [-0.2, 0) is 20.9 Å². The monoisotopic (exact) mass is 429 g/mol. The summed E-state index contributed by atoms with van der Waals surface area (Å²) >= 11 is 0. The molecule has 164 valence electrons. The number of amides is 1. The first-order valence-corrected chi connectivity index (χ1v) is 9.83. The van der Waals surface area contributed by atoms with Crippen molar-refractivity contribution in [1.29, 1.82) is 5.26 Å². The van der Waals surface area contributed by atoms with Gasteiger partial charge in [0.2, 0.25) is 0 Å². The third-order valence-electron chi connectivity index (χ3n) is 4.72. The van der Waals surface area contributed by atoms with Crippen LogP contribution in [0, 0.1) is 42.7 Å². The van der Waals surface area contributed by atoms with Gasteiger partial charge in [0.15, 0.2) is 18.2 Å². The molecule has 8 heteroatoms. The highest BCUT2D eigenvalue weighted by Gasteiger charge is 2.16. The Kier molecular flexibility index (Phi) is 8.08. The van der Waals surface area contributed by atoms with E-state index < -0.39 is 30.1 Å². The molecular formula is C23H25F2N3O3. The van der Waals surface area contributed by atoms with E-state index in [-0.39, 0.29) is 11.3 Å². The number of esters is 1. The molecular weight excluding hydrogens is 404 g/mol. The Morgan fingerprint density at radius 1 is 1.23 bits per heavy atom. The average molecular weight is 429 g/mol. The molecule has 1 aromatic carbocycles. The van der Waals surface area contributed by atoms with Crippen LogP contribution in [0.3, 0.4) is 0 Å². The molecule has 0 saturated carbocycles. The van der Waals surface area contributed by atoms with Gasteiger partial charge in [-0.1, -0.05) is 13.8 Å². The number of halogens is 2. The number of carbonyl (C=O) groups excluding carboxylic acids is 2. The van der Waals surface area contributed by atoms with Gasteiger partial charge < -0.3 is 14.6 Å². The van der Waals surface area contributed by atoms with E-state index in [1.54, 1.807) is 6.07 Å². The van der Waals surface area contributed by atoms with Gasteiger partial charge >= 0.3 is 5.97 Å². The minimum absolute atomic E-state index is 0.0184. The molecule has 0 aliphatic carbocycles. The van der Waals surface area contributed by atoms with Gasteiger partial charge in [-0.05, 0) is 56.0 Å². The van der Waals surface area contributed by atoms with Crippen molar-refractivity contribution in [2.45, 2.75) is 40.7 Å². The molecule has 0 fully saturated rings. The molecule has 31 heavy (non-hydrogen) atoms. The molecule has 0 bridgehead atoms. The number of anilines is 1. The summed E-state index contributed by atoms with van der Waals surface area (Å²) in [5, 5.41) is 11.6. The summed E-state index contributed by atoms with van der Waals surface area (Å²) in [5.41, 5.74) is 2.44. The number of nitrogens with one attached hydrogen (secondary N) is 1. The first-order chi connectivity index (χ1) is 14.6. The Balaban J connectivity index is 2.04. The van der Waals surface area contributed by atoms with Crippen LogP contribution in [0.1, 0.15) is 37.2 Å². The van der Waals surface area contributed by atoms with Crippen LogP contribution in [0.2, 0.25) is 0 Å². The number of ether oxygens (including phenoxy) is 1. The summed E-state index contributed by atoms with van der Waals surface area (Å²) < 4.78 is 33.2. The van der Waals surface area contributed by atoms with Crippen molar-refractivity contribution in [3.8, 4) is 6.07 Å². The van der Waals surface area contributed by atoms with Gasteiger partial charge in [-0.2, -0.15) is 5.26 Å². The second kappa shape index (κ2) is 10.5. The number of rotatable bonds is 8. The number of hydrogen-bond acceptors (Lipinski definition) is 4. The molecule has 0 radical (unpaired) electrons. The van der Waals surface area contributed by atoms with Crippen molar-refractivity contribution in [3.05, 3.63) is 58.4 Å². The smallest absolute Gasteiger partial charge is 0.349 e. The molecule has 1 amide bonds. The van der Waals surface area contributed by atoms with E-state index in [9.17, 15) is 23.6 Å². The number of carbonyl (C=O) groups is 2. The average Bonchev–Trinajstić information content (AvgIpc) is 2.98. The Labute approximate surface area is 180 Å². The van der Waals surface area contributed by atoms with Crippen LogP contribution in [0.25, 0.3) is 6.08 Å². The Morgan fingerprint density at radius 3 is 2.55 bits per heavy atom. The van der Waals surface area contributed by atoms with E-state index in [4.69, 9.17) is 4.74 Å². The normalized spacial score (nSPS) is 11.4. The first kappa shape index (κ1) is 23.8. The molecule has 2 rings (SSSR count). The van der Waals surface area contributed by atoms with Crippen LogP contribution in [0.4, 0.5) is 14.5 Å². The summed E-state index contributed by atoms with van der Waals surface area (Å²) in [4.78, 5) is 24.1. The fourth-order valence-electron chi connectivity index (χ4n) is 2.98. The van der Waals surface area contributed by atoms with Gasteiger partial charge in [0, 0.05) is 29.7 Å². The standard InChI is InChI=1S/C23H25F2N3O3/c1-14(2)7-8-28-15(3)9-17(16(28)4)10-18(12-26)23(30)31-13-22(29)27-19-5-6-20(24)21(25)11-19/h5-6,9-11,14H,7-8,13H2,1-4H3,(H,27,29)/b18-10+. The first-order valence-electron chi connectivity index (χ1n) is 9.83. The lowest BCUT2D eigenvalue weighted by molar-refractivity contribution is -0.142. The van der Waals surface area contributed by atoms with Crippen molar-refractivity contribution in [2.75, 3.05) is 11.9 Å². The molecule has 0 aliphatic rings. The fourth-order valence-corrected chi connectivity index (χ4v) is 2.98. The third-order valence-corrected chi connectivity index (χ3v) is 4.72. The van der Waals surface area contributed by atoms with Gasteiger partial charge in [0.25, 0.3) is 5.91 Å². The van der Waals surface area contributed by atoms with Gasteiger partial charge in [0.1, 0.15) is 11.6 Å². The fraction of sp³-hybridized carbons (Fsp3) is 0.348. The largest absolute Gasteiger partial charge is 0.451 e. The lowest BCUT2D eigenvalue weighted by atomic mass is 10.1. The number of aromatic nitrogens is 1. The van der Waals surface area contributed by atoms with Crippen molar-refractivity contribution >= 4 is 23.6 Å². The molecule has 2 aromatic rings. The molecule has 6 nitrogen and oxygen atoms in total. The Morgan fingerprint density at radius 2 is 1.94 bits per heavy atom. The second-order valence-electron chi connectivity index (χ2n) is 7.58. The van der Waals surface area contributed by atoms with Crippen LogP contribution in [0.5, 0.6) is 0 Å². The lowest BCUT2D eigenvalue weighted by Crippen LogP contribution is -2.21. The summed E-state index contributed by atoms with van der Waals surface area (Å²) in [6.07, 6.45) is 2.43. The maximum absolute atomic E-state index is 13.2. The molecule has 0 aliphatic heterocycles. The van der Waals surface area contributed by atoms with Gasteiger partial charge in [-0.15, -0.1) is 0 Å². The summed E-state index contributed by atoms with van der Waals surface area (Å²) in [7, 11) is 0. The molecule has 0 unspecified atom stereocenters. The maximum Gasteiger partial charge on any atom is 0.349 e. The predicted molar refractivity (Wildman–Crippen MR) is 113 cm³/mol. The maximum atomic E-state index is 13.2. The predicted octanol–water partition coefficient (Wildman–Crippen LogP) is 4.52. The van der Waals surface area contributed by atoms with Gasteiger partial charge in [-0.3, -0.25) is 4.79 Å². The van der Waals surface area contributed by atoms with Crippen molar-refractivity contribution in [3.63, 3.8) is 0 Å². The molecule has 1 aromatic heterocycles. The third kappa shape index (κ3) is 6.51. The van der Waals surface area contributed by atoms with Crippen molar-refractivity contribution < 1.29 is 23.1 Å². The summed E-state index contributed by atoms with van der Waals surface area (Å²) in [5.74, 6) is -3.31. The number of hydrogen-bond donors (Lipinski definition) is 1. The van der Waals surface area contributed by atoms with Crippen molar-refractivity contribution in [1.82, 2.24) is 4.57 Å². The van der Waals surface area contributed by atoms with E-state index in [1.165, 1.54) is 12.1 Å². The zero-order chi connectivity index (χ0) is 23.1. The topological polar surface area (TPSA) is 84.1 Å². The number of benzene rings is 1. The Bertz CT molecular complexity index is 1050. The van der Waals surface area contributed by atoms with Crippen molar-refractivity contribution in [2.24, 2.45) is 5.92 Å². The minimum Gasteiger partial charge on any atom is -0.451 e. The molecule has 1 heterocycles. The number of aryl methyl sites for hydroxylation is 1. The summed E-state index contributed by atoms with van der Waals surface area (Å²) in [6, 6.07) is 6.53. The van der Waals surface area contributed by atoms with Crippen LogP contribution in [-0.4, -0.2) is 23.1 Å². The highest BCUT2D eigenvalue weighted by molar-refractivity contribution is 6.00. The van der Waals surface area contributed by atoms with E-state index in [0.717, 1.165) is 42.0 Å². The van der Waals surface area contributed by atoms with E-state index in [1.807, 2.05) is 19.9 Å². The summed E-state index contributed by atoms with van der Waals surface area (Å²) in [6.45, 7) is 8.30.